The molecular weight excluding hydrogens is 415 g/mol. The van der Waals surface area contributed by atoms with Crippen LogP contribution in [0.4, 0.5) is 4.39 Å². The molecule has 0 spiro atoms. The molecule has 0 aliphatic carbocycles. The topological polar surface area (TPSA) is 95.6 Å². The lowest BCUT2D eigenvalue weighted by atomic mass is 9.89. The molecule has 1 amide bonds. The predicted molar refractivity (Wildman–Crippen MR) is 115 cm³/mol. The van der Waals surface area contributed by atoms with E-state index in [-0.39, 0.29) is 48.7 Å². The van der Waals surface area contributed by atoms with Crippen LogP contribution in [-0.4, -0.2) is 64.7 Å². The van der Waals surface area contributed by atoms with Gasteiger partial charge in [0.05, 0.1) is 37.6 Å². The summed E-state index contributed by atoms with van der Waals surface area (Å²) in [5.41, 5.74) is 1.62. The number of carbonyl (C=O) groups excluding carboxylic acids is 2. The Bertz CT molecular complexity index is 1040. The van der Waals surface area contributed by atoms with Crippen molar-refractivity contribution in [3.63, 3.8) is 0 Å². The second-order valence-electron chi connectivity index (χ2n) is 8.41. The van der Waals surface area contributed by atoms with Crippen LogP contribution in [0.3, 0.4) is 0 Å². The second-order valence-corrected chi connectivity index (χ2v) is 8.41. The fraction of sp³-hybridized carbons (Fsp3) is 0.478. The zero-order valence-corrected chi connectivity index (χ0v) is 18.1. The third-order valence-electron chi connectivity index (χ3n) is 6.14. The van der Waals surface area contributed by atoms with Crippen molar-refractivity contribution in [2.75, 3.05) is 33.3 Å². The van der Waals surface area contributed by atoms with Crippen LogP contribution in [0.5, 0.6) is 0 Å². The number of fused-ring (bicyclic) bond motifs is 1. The number of rotatable bonds is 6. The fourth-order valence-corrected chi connectivity index (χ4v) is 4.20. The number of hydrogen-bond acceptors (Lipinski definition) is 6. The van der Waals surface area contributed by atoms with Crippen molar-refractivity contribution >= 4 is 11.7 Å². The number of nitrogens with zero attached hydrogens (tertiary/aromatic N) is 3. The van der Waals surface area contributed by atoms with E-state index >= 15 is 0 Å². The van der Waals surface area contributed by atoms with Crippen molar-refractivity contribution in [1.82, 2.24) is 19.8 Å². The molecule has 0 unspecified atom stereocenters. The minimum absolute atomic E-state index is 0.0286. The van der Waals surface area contributed by atoms with E-state index in [0.29, 0.717) is 55.9 Å². The number of likely N-dealkylation sites (N-methyl/N-ethyl adjacent to an activating group) is 1. The fourth-order valence-electron chi connectivity index (χ4n) is 4.20. The molecule has 8 nitrogen and oxygen atoms in total. The number of carbonyl (C=O) groups is 2. The van der Waals surface area contributed by atoms with E-state index in [1.807, 2.05) is 4.90 Å². The maximum absolute atomic E-state index is 13.1. The summed E-state index contributed by atoms with van der Waals surface area (Å²) in [6.45, 7) is 2.57. The lowest BCUT2D eigenvalue weighted by molar-refractivity contribution is -0.132. The van der Waals surface area contributed by atoms with E-state index in [0.717, 1.165) is 5.69 Å². The summed E-state index contributed by atoms with van der Waals surface area (Å²) < 4.78 is 18.4. The molecule has 1 aromatic heterocycles. The molecule has 32 heavy (non-hydrogen) atoms. The Hall–Kier alpha value is -2.91. The monoisotopic (exact) mass is 442 g/mol. The Morgan fingerprint density at radius 3 is 2.69 bits per heavy atom. The minimum atomic E-state index is -0.359. The second kappa shape index (κ2) is 9.70. The molecule has 0 bridgehead atoms. The first-order valence-corrected chi connectivity index (χ1v) is 10.9. The van der Waals surface area contributed by atoms with E-state index in [4.69, 9.17) is 4.74 Å². The number of hydrogen-bond donors (Lipinski definition) is 1. The molecule has 1 saturated heterocycles. The maximum Gasteiger partial charge on any atom is 0.256 e. The van der Waals surface area contributed by atoms with Gasteiger partial charge in [0.2, 0.25) is 5.91 Å². The smallest absolute Gasteiger partial charge is 0.256 e. The van der Waals surface area contributed by atoms with Crippen LogP contribution >= 0.6 is 0 Å². The Morgan fingerprint density at radius 2 is 1.97 bits per heavy atom. The zero-order valence-electron chi connectivity index (χ0n) is 18.1. The normalized spacial score (nSPS) is 17.1. The van der Waals surface area contributed by atoms with Crippen LogP contribution in [0.25, 0.3) is 0 Å². The molecule has 2 aliphatic rings. The van der Waals surface area contributed by atoms with Gasteiger partial charge in [-0.2, -0.15) is 0 Å². The highest BCUT2D eigenvalue weighted by atomic mass is 19.1. The third-order valence-corrected chi connectivity index (χ3v) is 6.14. The Balaban J connectivity index is 1.28. The maximum atomic E-state index is 13.1. The molecule has 170 valence electrons. The van der Waals surface area contributed by atoms with E-state index in [2.05, 4.69) is 9.97 Å². The average molecular weight is 442 g/mol. The number of nitrogens with one attached hydrogen (secondary N) is 1. The van der Waals surface area contributed by atoms with Gasteiger partial charge in [-0.1, -0.05) is 0 Å². The molecule has 1 fully saturated rings. The van der Waals surface area contributed by atoms with Gasteiger partial charge in [0.15, 0.2) is 5.78 Å². The average Bonchev–Trinajstić information content (AvgIpc) is 2.79. The number of halogens is 1. The molecule has 2 aliphatic heterocycles. The van der Waals surface area contributed by atoms with Gasteiger partial charge in [-0.05, 0) is 50.2 Å². The van der Waals surface area contributed by atoms with Gasteiger partial charge in [-0.3, -0.25) is 19.3 Å². The summed E-state index contributed by atoms with van der Waals surface area (Å²) in [6.07, 6.45) is 1.92. The number of Topliss-reactive ketones (excluding diaryl/α,β-unsaturated/α-hetero) is 1. The van der Waals surface area contributed by atoms with Gasteiger partial charge in [-0.25, -0.2) is 9.37 Å². The highest BCUT2D eigenvalue weighted by molar-refractivity contribution is 5.97. The third kappa shape index (κ3) is 5.11. The van der Waals surface area contributed by atoms with Gasteiger partial charge < -0.3 is 14.6 Å². The number of amides is 1. The van der Waals surface area contributed by atoms with Gasteiger partial charge in [-0.15, -0.1) is 0 Å². The first-order valence-electron chi connectivity index (χ1n) is 10.9. The van der Waals surface area contributed by atoms with Crippen molar-refractivity contribution in [3.05, 3.63) is 63.1 Å². The highest BCUT2D eigenvalue weighted by Crippen LogP contribution is 2.22. The number of H-pyrrole nitrogens is 1. The standard InChI is InChI=1S/C23H27FN4O4/c1-27(12-20-25-19-8-11-32-14-18(19)23(31)26-20)21(29)13-28-9-6-16(7-10-28)22(30)15-2-4-17(24)5-3-15/h2-5,16H,6-14H2,1H3,(H,25,26,31). The SMILES string of the molecule is CN(Cc1nc2c(c(=O)[nH]1)COCC2)C(=O)CN1CCC(C(=O)c2ccc(F)cc2)CC1. The van der Waals surface area contributed by atoms with Crippen molar-refractivity contribution in [2.24, 2.45) is 5.92 Å². The largest absolute Gasteiger partial charge is 0.376 e. The van der Waals surface area contributed by atoms with Crippen LogP contribution in [0.2, 0.25) is 0 Å². The van der Waals surface area contributed by atoms with Crippen LogP contribution in [-0.2, 0) is 29.1 Å². The van der Waals surface area contributed by atoms with E-state index in [9.17, 15) is 18.8 Å². The molecular formula is C23H27FN4O4. The molecule has 0 saturated carbocycles. The van der Waals surface area contributed by atoms with Crippen molar-refractivity contribution < 1.29 is 18.7 Å². The van der Waals surface area contributed by atoms with E-state index in [1.54, 1.807) is 11.9 Å². The number of aromatic nitrogens is 2. The molecule has 2 aromatic rings. The highest BCUT2D eigenvalue weighted by Gasteiger charge is 2.27. The van der Waals surface area contributed by atoms with Crippen molar-refractivity contribution in [1.29, 1.82) is 0 Å². The molecule has 0 atom stereocenters. The number of aromatic amines is 1. The summed E-state index contributed by atoms with van der Waals surface area (Å²) >= 11 is 0. The number of ketones is 1. The van der Waals surface area contributed by atoms with Crippen molar-refractivity contribution in [2.45, 2.75) is 32.4 Å². The molecule has 1 N–H and O–H groups in total. The van der Waals surface area contributed by atoms with Crippen LogP contribution in [0.15, 0.2) is 29.1 Å². The Morgan fingerprint density at radius 1 is 1.25 bits per heavy atom. The summed E-state index contributed by atoms with van der Waals surface area (Å²) in [6, 6.07) is 5.65. The molecule has 0 radical (unpaired) electrons. The van der Waals surface area contributed by atoms with Gasteiger partial charge in [0, 0.05) is 24.9 Å². The lowest BCUT2D eigenvalue weighted by Crippen LogP contribution is -2.43. The van der Waals surface area contributed by atoms with Gasteiger partial charge >= 0.3 is 0 Å². The van der Waals surface area contributed by atoms with Crippen LogP contribution in [0.1, 0.15) is 40.3 Å². The van der Waals surface area contributed by atoms with Gasteiger partial charge in [0.25, 0.3) is 5.56 Å². The first kappa shape index (κ1) is 22.3. The Labute approximate surface area is 185 Å². The summed E-state index contributed by atoms with van der Waals surface area (Å²) in [5.74, 6) is -0.0472. The summed E-state index contributed by atoms with van der Waals surface area (Å²) in [7, 11) is 1.69. The van der Waals surface area contributed by atoms with E-state index in [1.165, 1.54) is 24.3 Å². The molecule has 3 heterocycles. The predicted octanol–water partition coefficient (Wildman–Crippen LogP) is 1.53. The zero-order chi connectivity index (χ0) is 22.7. The Kier molecular flexibility index (Phi) is 6.76. The number of likely N-dealkylation sites (tertiary alicyclic amines) is 1. The minimum Gasteiger partial charge on any atom is -0.376 e. The molecule has 1 aromatic carbocycles. The molecule has 4 rings (SSSR count). The van der Waals surface area contributed by atoms with Crippen LogP contribution in [0, 0.1) is 11.7 Å². The summed E-state index contributed by atoms with van der Waals surface area (Å²) in [4.78, 5) is 48.4. The number of benzene rings is 1. The molecule has 9 heteroatoms. The number of piperidine rings is 1. The summed E-state index contributed by atoms with van der Waals surface area (Å²) in [5, 5.41) is 0. The van der Waals surface area contributed by atoms with E-state index < -0.39 is 0 Å². The quantitative estimate of drug-likeness (QED) is 0.682. The number of ether oxygens (including phenoxy) is 1. The first-order chi connectivity index (χ1) is 15.4. The van der Waals surface area contributed by atoms with Crippen molar-refractivity contribution in [3.8, 4) is 0 Å². The van der Waals surface area contributed by atoms with Crippen LogP contribution < -0.4 is 5.56 Å². The lowest BCUT2D eigenvalue weighted by Gasteiger charge is -2.31. The van der Waals surface area contributed by atoms with Gasteiger partial charge in [0.1, 0.15) is 11.6 Å².